The maximum atomic E-state index is 12.1. The number of hydrogen-bond acceptors (Lipinski definition) is 4. The van der Waals surface area contributed by atoms with Crippen molar-refractivity contribution in [2.24, 2.45) is 5.92 Å². The number of carbonyl (C=O) groups is 2. The summed E-state index contributed by atoms with van der Waals surface area (Å²) in [5.74, 6) is 0.424. The summed E-state index contributed by atoms with van der Waals surface area (Å²) in [6.07, 6.45) is 1.96. The van der Waals surface area contributed by atoms with Crippen LogP contribution in [0.2, 0.25) is 0 Å². The molecule has 96 valence electrons. The van der Waals surface area contributed by atoms with Crippen molar-refractivity contribution in [2.45, 2.75) is 18.9 Å². The SMILES string of the molecule is O=C(CN1CCCC2C(=O)NCC21)c1cccs1. The first-order valence-corrected chi connectivity index (χ1v) is 7.22. The van der Waals surface area contributed by atoms with E-state index in [1.807, 2.05) is 17.5 Å². The number of hydrogen-bond donors (Lipinski definition) is 1. The Labute approximate surface area is 110 Å². The third-order valence-electron chi connectivity index (χ3n) is 3.86. The number of thiophene rings is 1. The van der Waals surface area contributed by atoms with Gasteiger partial charge in [-0.05, 0) is 30.8 Å². The lowest BCUT2D eigenvalue weighted by atomic mass is 9.91. The fourth-order valence-corrected chi connectivity index (χ4v) is 3.59. The van der Waals surface area contributed by atoms with Crippen molar-refractivity contribution in [3.05, 3.63) is 22.4 Å². The molecular formula is C13H16N2O2S. The molecule has 2 aliphatic rings. The van der Waals surface area contributed by atoms with Crippen LogP contribution in [0.15, 0.2) is 17.5 Å². The molecule has 18 heavy (non-hydrogen) atoms. The maximum absolute atomic E-state index is 12.1. The molecule has 0 radical (unpaired) electrons. The van der Waals surface area contributed by atoms with Gasteiger partial charge in [0.15, 0.2) is 5.78 Å². The molecule has 1 amide bonds. The highest BCUT2D eigenvalue weighted by Gasteiger charge is 2.41. The first-order valence-electron chi connectivity index (χ1n) is 6.34. The molecular weight excluding hydrogens is 248 g/mol. The van der Waals surface area contributed by atoms with Crippen LogP contribution in [0.25, 0.3) is 0 Å². The summed E-state index contributed by atoms with van der Waals surface area (Å²) in [6, 6.07) is 3.99. The monoisotopic (exact) mass is 264 g/mol. The van der Waals surface area contributed by atoms with E-state index in [9.17, 15) is 9.59 Å². The van der Waals surface area contributed by atoms with Crippen LogP contribution >= 0.6 is 11.3 Å². The molecule has 0 aliphatic carbocycles. The fraction of sp³-hybridized carbons (Fsp3) is 0.538. The molecule has 3 heterocycles. The summed E-state index contributed by atoms with van der Waals surface area (Å²) in [7, 11) is 0. The summed E-state index contributed by atoms with van der Waals surface area (Å²) in [5.41, 5.74) is 0. The van der Waals surface area contributed by atoms with Crippen LogP contribution in [0.4, 0.5) is 0 Å². The van der Waals surface area contributed by atoms with E-state index < -0.39 is 0 Å². The molecule has 1 aromatic rings. The predicted octanol–water partition coefficient (Wildman–Crippen LogP) is 1.14. The van der Waals surface area contributed by atoms with E-state index in [0.717, 1.165) is 24.3 Å². The number of ketones is 1. The van der Waals surface area contributed by atoms with Crippen LogP contribution in [0, 0.1) is 5.92 Å². The van der Waals surface area contributed by atoms with Gasteiger partial charge in [-0.15, -0.1) is 11.3 Å². The third-order valence-corrected chi connectivity index (χ3v) is 4.77. The summed E-state index contributed by atoms with van der Waals surface area (Å²) in [6.45, 7) is 2.06. The molecule has 2 atom stereocenters. The number of carbonyl (C=O) groups excluding carboxylic acids is 2. The standard InChI is InChI=1S/C13H16N2O2S/c16-11(12-4-2-6-18-12)8-15-5-1-3-9-10(15)7-14-13(9)17/h2,4,6,9-10H,1,3,5,7-8H2,(H,14,17). The summed E-state index contributed by atoms with van der Waals surface area (Å²) < 4.78 is 0. The second kappa shape index (κ2) is 4.82. The number of amides is 1. The molecule has 2 aliphatic heterocycles. The van der Waals surface area contributed by atoms with Crippen molar-refractivity contribution in [2.75, 3.05) is 19.6 Å². The quantitative estimate of drug-likeness (QED) is 0.833. The van der Waals surface area contributed by atoms with Crippen molar-refractivity contribution in [1.82, 2.24) is 10.2 Å². The zero-order chi connectivity index (χ0) is 12.5. The third kappa shape index (κ3) is 2.08. The first kappa shape index (κ1) is 11.9. The Kier molecular flexibility index (Phi) is 3.18. The number of Topliss-reactive ketones (excluding diaryl/α,β-unsaturated/α-hetero) is 1. The Morgan fingerprint density at radius 3 is 3.22 bits per heavy atom. The topological polar surface area (TPSA) is 49.4 Å². The van der Waals surface area contributed by atoms with E-state index in [0.29, 0.717) is 13.1 Å². The summed E-state index contributed by atoms with van der Waals surface area (Å²) in [5, 5.41) is 4.83. The molecule has 1 N–H and O–H groups in total. The Bertz CT molecular complexity index is 458. The van der Waals surface area contributed by atoms with Crippen molar-refractivity contribution < 1.29 is 9.59 Å². The van der Waals surface area contributed by atoms with Gasteiger partial charge < -0.3 is 5.32 Å². The lowest BCUT2D eigenvalue weighted by molar-refractivity contribution is -0.124. The number of likely N-dealkylation sites (tertiary alicyclic amines) is 1. The van der Waals surface area contributed by atoms with Gasteiger partial charge in [-0.25, -0.2) is 0 Å². The van der Waals surface area contributed by atoms with Crippen LogP contribution in [0.5, 0.6) is 0 Å². The van der Waals surface area contributed by atoms with Crippen LogP contribution in [0.3, 0.4) is 0 Å². The Morgan fingerprint density at radius 2 is 2.44 bits per heavy atom. The van der Waals surface area contributed by atoms with Crippen LogP contribution in [0.1, 0.15) is 22.5 Å². The molecule has 1 aromatic heterocycles. The maximum Gasteiger partial charge on any atom is 0.224 e. The molecule has 0 spiro atoms. The highest BCUT2D eigenvalue weighted by Crippen LogP contribution is 2.27. The largest absolute Gasteiger partial charge is 0.354 e. The molecule has 0 aromatic carbocycles. The first-order chi connectivity index (χ1) is 8.75. The smallest absolute Gasteiger partial charge is 0.224 e. The molecule has 3 rings (SSSR count). The van der Waals surface area contributed by atoms with E-state index >= 15 is 0 Å². The van der Waals surface area contributed by atoms with Gasteiger partial charge >= 0.3 is 0 Å². The Balaban J connectivity index is 1.69. The van der Waals surface area contributed by atoms with Crippen molar-refractivity contribution in [3.63, 3.8) is 0 Å². The molecule has 4 nitrogen and oxygen atoms in total. The molecule has 2 fully saturated rings. The lowest BCUT2D eigenvalue weighted by Gasteiger charge is -2.35. The molecule has 0 saturated carbocycles. The zero-order valence-corrected chi connectivity index (χ0v) is 10.9. The fourth-order valence-electron chi connectivity index (χ4n) is 2.94. The minimum atomic E-state index is 0.0925. The van der Waals surface area contributed by atoms with Crippen molar-refractivity contribution in [1.29, 1.82) is 0 Å². The Morgan fingerprint density at radius 1 is 1.56 bits per heavy atom. The van der Waals surface area contributed by atoms with Gasteiger partial charge in [0.05, 0.1) is 17.3 Å². The number of nitrogens with zero attached hydrogens (tertiary/aromatic N) is 1. The number of nitrogens with one attached hydrogen (secondary N) is 1. The highest BCUT2D eigenvalue weighted by atomic mass is 32.1. The zero-order valence-electron chi connectivity index (χ0n) is 10.1. The minimum absolute atomic E-state index is 0.0925. The van der Waals surface area contributed by atoms with Crippen LogP contribution in [-0.2, 0) is 4.79 Å². The van der Waals surface area contributed by atoms with Crippen LogP contribution < -0.4 is 5.32 Å². The van der Waals surface area contributed by atoms with E-state index in [1.54, 1.807) is 0 Å². The van der Waals surface area contributed by atoms with Gasteiger partial charge in [0.25, 0.3) is 0 Å². The van der Waals surface area contributed by atoms with Crippen molar-refractivity contribution >= 4 is 23.0 Å². The minimum Gasteiger partial charge on any atom is -0.354 e. The van der Waals surface area contributed by atoms with Gasteiger partial charge in [0.1, 0.15) is 0 Å². The number of piperidine rings is 1. The van der Waals surface area contributed by atoms with E-state index in [4.69, 9.17) is 0 Å². The van der Waals surface area contributed by atoms with Gasteiger partial charge in [-0.1, -0.05) is 6.07 Å². The highest BCUT2D eigenvalue weighted by molar-refractivity contribution is 7.12. The van der Waals surface area contributed by atoms with Gasteiger partial charge in [-0.3, -0.25) is 14.5 Å². The predicted molar refractivity (Wildman–Crippen MR) is 69.7 cm³/mol. The molecule has 0 bridgehead atoms. The molecule has 2 unspecified atom stereocenters. The van der Waals surface area contributed by atoms with E-state index in [2.05, 4.69) is 10.2 Å². The summed E-state index contributed by atoms with van der Waals surface area (Å²) >= 11 is 1.49. The van der Waals surface area contributed by atoms with E-state index in [-0.39, 0.29) is 23.7 Å². The number of fused-ring (bicyclic) bond motifs is 1. The van der Waals surface area contributed by atoms with Gasteiger partial charge in [0.2, 0.25) is 5.91 Å². The second-order valence-corrected chi connectivity index (χ2v) is 5.88. The van der Waals surface area contributed by atoms with E-state index in [1.165, 1.54) is 11.3 Å². The van der Waals surface area contributed by atoms with Crippen LogP contribution in [-0.4, -0.2) is 42.3 Å². The lowest BCUT2D eigenvalue weighted by Crippen LogP contribution is -2.47. The second-order valence-electron chi connectivity index (χ2n) is 4.93. The molecule has 5 heteroatoms. The average Bonchev–Trinajstić information content (AvgIpc) is 3.00. The number of rotatable bonds is 3. The van der Waals surface area contributed by atoms with Gasteiger partial charge in [0, 0.05) is 12.6 Å². The molecule has 2 saturated heterocycles. The Hall–Kier alpha value is -1.20. The van der Waals surface area contributed by atoms with Crippen molar-refractivity contribution in [3.8, 4) is 0 Å². The normalized spacial score (nSPS) is 27.9. The summed E-state index contributed by atoms with van der Waals surface area (Å²) in [4.78, 5) is 26.7. The van der Waals surface area contributed by atoms with Gasteiger partial charge in [-0.2, -0.15) is 0 Å². The average molecular weight is 264 g/mol.